The van der Waals surface area contributed by atoms with Crippen molar-refractivity contribution in [3.05, 3.63) is 18.1 Å². The maximum atomic E-state index is 10.8. The summed E-state index contributed by atoms with van der Waals surface area (Å²) in [6, 6.07) is 0.229. The Labute approximate surface area is 105 Å². The summed E-state index contributed by atoms with van der Waals surface area (Å²) in [5.74, 6) is -0.573. The number of rotatable bonds is 3. The van der Waals surface area contributed by atoms with Crippen LogP contribution in [0.5, 0.6) is 0 Å². The second-order valence-corrected chi connectivity index (χ2v) is 5.04. The van der Waals surface area contributed by atoms with E-state index >= 15 is 0 Å². The van der Waals surface area contributed by atoms with Crippen LogP contribution in [-0.4, -0.2) is 39.3 Å². The Hall–Kier alpha value is -1.69. The zero-order valence-corrected chi connectivity index (χ0v) is 10.5. The summed E-state index contributed by atoms with van der Waals surface area (Å²) < 4.78 is 5.63. The zero-order chi connectivity index (χ0) is 13.2. The highest BCUT2D eigenvalue weighted by molar-refractivity contribution is 5.85. The Kier molecular flexibility index (Phi) is 3.47. The maximum absolute atomic E-state index is 10.8. The summed E-state index contributed by atoms with van der Waals surface area (Å²) in [5, 5.41) is 12.1. The Morgan fingerprint density at radius 1 is 1.56 bits per heavy atom. The molecule has 2 rings (SSSR count). The van der Waals surface area contributed by atoms with Crippen LogP contribution < -0.4 is 5.32 Å². The van der Waals surface area contributed by atoms with E-state index in [-0.39, 0.29) is 17.3 Å². The molecule has 2 N–H and O–H groups in total. The second kappa shape index (κ2) is 4.89. The van der Waals surface area contributed by atoms with Crippen LogP contribution in [0.25, 0.3) is 0 Å². The van der Waals surface area contributed by atoms with Crippen molar-refractivity contribution in [2.24, 2.45) is 0 Å². The molecule has 1 aliphatic heterocycles. The highest BCUT2D eigenvalue weighted by Crippen LogP contribution is 2.25. The van der Waals surface area contributed by atoms with Gasteiger partial charge in [0, 0.05) is 12.6 Å². The molecular formula is C12H17N3O3. The molecule has 0 radical (unpaired) electrons. The molecule has 0 bridgehead atoms. The van der Waals surface area contributed by atoms with E-state index in [2.05, 4.69) is 15.3 Å². The molecule has 0 amide bonds. The van der Waals surface area contributed by atoms with Gasteiger partial charge in [0.05, 0.1) is 18.0 Å². The third kappa shape index (κ3) is 3.16. The van der Waals surface area contributed by atoms with Crippen molar-refractivity contribution in [1.29, 1.82) is 0 Å². The van der Waals surface area contributed by atoms with Crippen molar-refractivity contribution < 1.29 is 14.6 Å². The molecule has 18 heavy (non-hydrogen) atoms. The smallest absolute Gasteiger partial charge is 0.356 e. The predicted octanol–water partition coefficient (Wildman–Crippen LogP) is 1.54. The number of carbonyl (C=O) groups is 1. The lowest BCUT2D eigenvalue weighted by Crippen LogP contribution is -2.40. The van der Waals surface area contributed by atoms with Gasteiger partial charge in [0.1, 0.15) is 5.82 Å². The number of hydrogen-bond donors (Lipinski definition) is 2. The second-order valence-electron chi connectivity index (χ2n) is 5.04. The third-order valence-electron chi connectivity index (χ3n) is 2.90. The minimum Gasteiger partial charge on any atom is -0.476 e. The van der Waals surface area contributed by atoms with Gasteiger partial charge in [0.25, 0.3) is 0 Å². The molecule has 1 aromatic rings. The molecule has 6 heteroatoms. The number of ether oxygens (including phenoxy) is 1. The molecule has 6 nitrogen and oxygen atoms in total. The molecule has 0 aromatic carbocycles. The predicted molar refractivity (Wildman–Crippen MR) is 65.7 cm³/mol. The average Bonchev–Trinajstić information content (AvgIpc) is 2.28. The molecule has 0 saturated carbocycles. The molecule has 1 aromatic heterocycles. The van der Waals surface area contributed by atoms with Crippen LogP contribution in [0.2, 0.25) is 0 Å². The van der Waals surface area contributed by atoms with Gasteiger partial charge in [0.2, 0.25) is 0 Å². The van der Waals surface area contributed by atoms with Gasteiger partial charge < -0.3 is 15.2 Å². The Morgan fingerprint density at radius 2 is 2.33 bits per heavy atom. The van der Waals surface area contributed by atoms with Crippen LogP contribution in [0.4, 0.5) is 5.82 Å². The van der Waals surface area contributed by atoms with E-state index in [4.69, 9.17) is 9.84 Å². The molecule has 1 fully saturated rings. The van der Waals surface area contributed by atoms with E-state index in [1.807, 2.05) is 13.8 Å². The third-order valence-corrected chi connectivity index (χ3v) is 2.90. The Morgan fingerprint density at radius 3 is 3.00 bits per heavy atom. The van der Waals surface area contributed by atoms with Gasteiger partial charge in [0.15, 0.2) is 5.69 Å². The number of carboxylic acid groups (broad SMARTS) is 1. The molecule has 1 saturated heterocycles. The minimum absolute atomic E-state index is 0.0497. The fourth-order valence-corrected chi connectivity index (χ4v) is 2.10. The highest BCUT2D eigenvalue weighted by atomic mass is 16.5. The van der Waals surface area contributed by atoms with Crippen molar-refractivity contribution in [2.45, 2.75) is 38.3 Å². The van der Waals surface area contributed by atoms with E-state index < -0.39 is 5.97 Å². The fourth-order valence-electron chi connectivity index (χ4n) is 2.10. The van der Waals surface area contributed by atoms with Gasteiger partial charge in [-0.15, -0.1) is 0 Å². The van der Waals surface area contributed by atoms with Gasteiger partial charge >= 0.3 is 5.97 Å². The lowest BCUT2D eigenvalue weighted by atomic mass is 9.94. The first-order chi connectivity index (χ1) is 8.46. The van der Waals surface area contributed by atoms with Crippen molar-refractivity contribution in [3.63, 3.8) is 0 Å². The largest absolute Gasteiger partial charge is 0.476 e. The van der Waals surface area contributed by atoms with Gasteiger partial charge in [-0.05, 0) is 26.7 Å². The lowest BCUT2D eigenvalue weighted by Gasteiger charge is -2.35. The number of aromatic carboxylic acids is 1. The number of nitrogens with one attached hydrogen (secondary N) is 1. The summed E-state index contributed by atoms with van der Waals surface area (Å²) in [7, 11) is 0. The molecule has 1 atom stereocenters. The van der Waals surface area contributed by atoms with Crippen molar-refractivity contribution in [1.82, 2.24) is 9.97 Å². The van der Waals surface area contributed by atoms with Gasteiger partial charge in [-0.1, -0.05) is 0 Å². The Bertz CT molecular complexity index is 448. The van der Waals surface area contributed by atoms with Crippen molar-refractivity contribution >= 4 is 11.8 Å². The normalized spacial score (nSPS) is 22.4. The molecule has 2 heterocycles. The van der Waals surface area contributed by atoms with Crippen LogP contribution in [0, 0.1) is 0 Å². The standard InChI is InChI=1S/C12H17N3O3/c1-12(2)5-8(3-4-18-12)14-10-7-13-6-9(15-10)11(16)17/h6-8H,3-5H2,1-2H3,(H,14,15)(H,16,17). The number of aromatic nitrogens is 2. The summed E-state index contributed by atoms with van der Waals surface area (Å²) in [5.41, 5.74) is -0.209. The average molecular weight is 251 g/mol. The highest BCUT2D eigenvalue weighted by Gasteiger charge is 2.28. The molecular weight excluding hydrogens is 234 g/mol. The van der Waals surface area contributed by atoms with E-state index in [1.54, 1.807) is 0 Å². The molecule has 0 spiro atoms. The van der Waals surface area contributed by atoms with Crippen LogP contribution in [0.15, 0.2) is 12.4 Å². The van der Waals surface area contributed by atoms with E-state index in [0.717, 1.165) is 12.8 Å². The summed E-state index contributed by atoms with van der Waals surface area (Å²) in [4.78, 5) is 18.7. The Balaban J connectivity index is 2.05. The van der Waals surface area contributed by atoms with E-state index in [1.165, 1.54) is 12.4 Å². The number of nitrogens with zero attached hydrogens (tertiary/aromatic N) is 2. The number of carboxylic acids is 1. The SMILES string of the molecule is CC1(C)CC(Nc2cncc(C(=O)O)n2)CCO1. The minimum atomic E-state index is -1.07. The summed E-state index contributed by atoms with van der Waals surface area (Å²) >= 11 is 0. The maximum Gasteiger partial charge on any atom is 0.356 e. The monoisotopic (exact) mass is 251 g/mol. The summed E-state index contributed by atoms with van der Waals surface area (Å²) in [6.45, 7) is 4.77. The first-order valence-electron chi connectivity index (χ1n) is 5.92. The molecule has 1 unspecified atom stereocenters. The number of anilines is 1. The van der Waals surface area contributed by atoms with Crippen LogP contribution >= 0.6 is 0 Å². The zero-order valence-electron chi connectivity index (χ0n) is 10.5. The van der Waals surface area contributed by atoms with Crippen LogP contribution in [0.3, 0.4) is 0 Å². The van der Waals surface area contributed by atoms with Gasteiger partial charge in [-0.25, -0.2) is 9.78 Å². The van der Waals surface area contributed by atoms with Gasteiger partial charge in [-0.3, -0.25) is 4.98 Å². The van der Waals surface area contributed by atoms with Crippen molar-refractivity contribution in [2.75, 3.05) is 11.9 Å². The lowest BCUT2D eigenvalue weighted by molar-refractivity contribution is -0.0553. The van der Waals surface area contributed by atoms with Gasteiger partial charge in [-0.2, -0.15) is 0 Å². The molecule has 1 aliphatic rings. The molecule has 0 aliphatic carbocycles. The van der Waals surface area contributed by atoms with E-state index in [9.17, 15) is 4.79 Å². The van der Waals surface area contributed by atoms with E-state index in [0.29, 0.717) is 12.4 Å². The fraction of sp³-hybridized carbons (Fsp3) is 0.583. The number of hydrogen-bond acceptors (Lipinski definition) is 5. The van der Waals surface area contributed by atoms with Crippen LogP contribution in [0.1, 0.15) is 37.2 Å². The topological polar surface area (TPSA) is 84.3 Å². The van der Waals surface area contributed by atoms with Crippen LogP contribution in [-0.2, 0) is 4.74 Å². The first kappa shape index (κ1) is 12.8. The van der Waals surface area contributed by atoms with Crippen molar-refractivity contribution in [3.8, 4) is 0 Å². The quantitative estimate of drug-likeness (QED) is 0.847. The summed E-state index contributed by atoms with van der Waals surface area (Å²) in [6.07, 6.45) is 4.50. The molecule has 98 valence electrons. The first-order valence-corrected chi connectivity index (χ1v) is 5.92.